The van der Waals surface area contributed by atoms with E-state index in [0.29, 0.717) is 19.1 Å². The van der Waals surface area contributed by atoms with Crippen molar-refractivity contribution in [2.45, 2.75) is 4.90 Å². The first-order chi connectivity index (χ1) is 11.4. The zero-order chi connectivity index (χ0) is 17.8. The molecule has 25 heavy (non-hydrogen) atoms. The normalized spacial score (nSPS) is 11.7. The summed E-state index contributed by atoms with van der Waals surface area (Å²) in [5, 5.41) is 7.05. The third-order valence-corrected chi connectivity index (χ3v) is 5.01. The molecule has 0 heterocycles. The molecule has 0 fully saturated rings. The standard InChI is InChI=1S/C15H24ClN3O3S2.HI/c1-17-15(18-7-9-22-10-12-24(2,20)21)19-8-11-23-14-5-3-13(16)4-6-14;/h3-6H,7-12H2,1-2H3,(H2,17,18,19);1H. The van der Waals surface area contributed by atoms with Crippen LogP contribution in [-0.4, -0.2) is 65.5 Å². The zero-order valence-corrected chi connectivity index (χ0v) is 19.0. The van der Waals surface area contributed by atoms with Crippen molar-refractivity contribution < 1.29 is 13.2 Å². The van der Waals surface area contributed by atoms with Gasteiger partial charge < -0.3 is 15.4 Å². The molecule has 0 aliphatic rings. The zero-order valence-electron chi connectivity index (χ0n) is 14.3. The van der Waals surface area contributed by atoms with E-state index in [2.05, 4.69) is 15.6 Å². The van der Waals surface area contributed by atoms with Crippen molar-refractivity contribution in [2.75, 3.05) is 51.1 Å². The molecule has 0 saturated heterocycles. The molecular weight excluding hydrogens is 497 g/mol. The van der Waals surface area contributed by atoms with Crippen LogP contribution >= 0.6 is 47.3 Å². The van der Waals surface area contributed by atoms with Gasteiger partial charge in [-0.15, -0.1) is 35.7 Å². The molecule has 0 radical (unpaired) electrons. The number of thioether (sulfide) groups is 1. The van der Waals surface area contributed by atoms with Crippen molar-refractivity contribution in [2.24, 2.45) is 4.99 Å². The smallest absolute Gasteiger partial charge is 0.191 e. The number of aliphatic imine (C=N–C) groups is 1. The third kappa shape index (κ3) is 13.6. The summed E-state index contributed by atoms with van der Waals surface area (Å²) < 4.78 is 27.2. The second kappa shape index (κ2) is 13.9. The Kier molecular flexibility index (Phi) is 13.8. The Labute approximate surface area is 176 Å². The van der Waals surface area contributed by atoms with Gasteiger partial charge >= 0.3 is 0 Å². The quantitative estimate of drug-likeness (QED) is 0.162. The van der Waals surface area contributed by atoms with Crippen LogP contribution in [0.1, 0.15) is 0 Å². The summed E-state index contributed by atoms with van der Waals surface area (Å²) in [5.41, 5.74) is 0. The molecule has 0 bridgehead atoms. The Morgan fingerprint density at radius 2 is 1.84 bits per heavy atom. The van der Waals surface area contributed by atoms with Crippen molar-refractivity contribution in [1.82, 2.24) is 10.6 Å². The van der Waals surface area contributed by atoms with Gasteiger partial charge in [0.25, 0.3) is 0 Å². The van der Waals surface area contributed by atoms with E-state index in [1.165, 1.54) is 11.2 Å². The lowest BCUT2D eigenvalue weighted by atomic mass is 10.4. The summed E-state index contributed by atoms with van der Waals surface area (Å²) in [5.74, 6) is 1.63. The van der Waals surface area contributed by atoms with Gasteiger partial charge in [-0.3, -0.25) is 4.99 Å². The number of hydrogen-bond acceptors (Lipinski definition) is 5. The van der Waals surface area contributed by atoms with Gasteiger partial charge in [0.05, 0.1) is 19.0 Å². The molecule has 0 aliphatic carbocycles. The van der Waals surface area contributed by atoms with E-state index in [1.807, 2.05) is 24.3 Å². The molecule has 1 aromatic rings. The van der Waals surface area contributed by atoms with Gasteiger partial charge in [0.1, 0.15) is 9.84 Å². The Hall–Kier alpha value is -0.230. The Morgan fingerprint density at radius 3 is 2.44 bits per heavy atom. The van der Waals surface area contributed by atoms with Gasteiger partial charge in [-0.05, 0) is 24.3 Å². The Balaban J connectivity index is 0.00000576. The minimum absolute atomic E-state index is 0. The highest BCUT2D eigenvalue weighted by Gasteiger charge is 2.02. The summed E-state index contributed by atoms with van der Waals surface area (Å²) in [6.07, 6.45) is 1.20. The third-order valence-electron chi connectivity index (χ3n) is 2.84. The lowest BCUT2D eigenvalue weighted by Crippen LogP contribution is -2.40. The number of benzene rings is 1. The first-order valence-corrected chi connectivity index (χ1v) is 10.9. The van der Waals surface area contributed by atoms with E-state index in [1.54, 1.807) is 18.8 Å². The number of sulfone groups is 1. The van der Waals surface area contributed by atoms with Crippen LogP contribution in [0.3, 0.4) is 0 Å². The first-order valence-electron chi connectivity index (χ1n) is 7.49. The van der Waals surface area contributed by atoms with Crippen LogP contribution in [0.2, 0.25) is 5.02 Å². The SMILES string of the molecule is CN=C(NCCOCCS(C)(=O)=O)NCCSc1ccc(Cl)cc1.I. The van der Waals surface area contributed by atoms with Crippen molar-refractivity contribution in [3.8, 4) is 0 Å². The first kappa shape index (κ1) is 24.8. The number of nitrogens with one attached hydrogen (secondary N) is 2. The van der Waals surface area contributed by atoms with Crippen LogP contribution in [0.5, 0.6) is 0 Å². The summed E-state index contributed by atoms with van der Waals surface area (Å²) in [6, 6.07) is 7.74. The fourth-order valence-corrected chi connectivity index (χ4v) is 2.96. The van der Waals surface area contributed by atoms with Crippen molar-refractivity contribution in [3.63, 3.8) is 0 Å². The topological polar surface area (TPSA) is 79.8 Å². The largest absolute Gasteiger partial charge is 0.379 e. The summed E-state index contributed by atoms with van der Waals surface area (Å²) in [4.78, 5) is 5.29. The maximum atomic E-state index is 11.0. The van der Waals surface area contributed by atoms with Gasteiger partial charge in [0.15, 0.2) is 5.96 Å². The van der Waals surface area contributed by atoms with Crippen LogP contribution < -0.4 is 10.6 Å². The highest BCUT2D eigenvalue weighted by molar-refractivity contribution is 14.0. The van der Waals surface area contributed by atoms with Gasteiger partial charge in [-0.25, -0.2) is 8.42 Å². The molecule has 0 atom stereocenters. The maximum absolute atomic E-state index is 11.0. The van der Waals surface area contributed by atoms with Gasteiger partial charge in [-0.2, -0.15) is 0 Å². The summed E-state index contributed by atoms with van der Waals surface area (Å²) >= 11 is 7.58. The second-order valence-electron chi connectivity index (χ2n) is 4.97. The van der Waals surface area contributed by atoms with Gasteiger partial charge in [0.2, 0.25) is 0 Å². The van der Waals surface area contributed by atoms with Crippen molar-refractivity contribution >= 4 is 63.1 Å². The molecule has 144 valence electrons. The molecule has 0 aliphatic heterocycles. The molecule has 0 saturated carbocycles. The molecule has 0 spiro atoms. The minimum Gasteiger partial charge on any atom is -0.379 e. The van der Waals surface area contributed by atoms with Crippen LogP contribution in [-0.2, 0) is 14.6 Å². The van der Waals surface area contributed by atoms with Crippen LogP contribution in [0.25, 0.3) is 0 Å². The number of halogens is 2. The fraction of sp³-hybridized carbons (Fsp3) is 0.533. The van der Waals surface area contributed by atoms with Crippen LogP contribution in [0.4, 0.5) is 0 Å². The van der Waals surface area contributed by atoms with Gasteiger partial charge in [-0.1, -0.05) is 11.6 Å². The van der Waals surface area contributed by atoms with Crippen molar-refractivity contribution in [1.29, 1.82) is 0 Å². The van der Waals surface area contributed by atoms with Crippen molar-refractivity contribution in [3.05, 3.63) is 29.3 Å². The number of ether oxygens (including phenoxy) is 1. The van der Waals surface area contributed by atoms with E-state index >= 15 is 0 Å². The van der Waals surface area contributed by atoms with E-state index in [4.69, 9.17) is 16.3 Å². The minimum atomic E-state index is -2.96. The Bertz CT molecular complexity index is 613. The van der Waals surface area contributed by atoms with Crippen LogP contribution in [0.15, 0.2) is 34.2 Å². The van der Waals surface area contributed by atoms with Gasteiger partial charge in [0, 0.05) is 42.1 Å². The molecule has 0 unspecified atom stereocenters. The van der Waals surface area contributed by atoms with E-state index in [-0.39, 0.29) is 36.3 Å². The molecule has 10 heteroatoms. The second-order valence-corrected chi connectivity index (χ2v) is 8.83. The molecule has 2 N–H and O–H groups in total. The average molecular weight is 522 g/mol. The monoisotopic (exact) mass is 521 g/mol. The predicted molar refractivity (Wildman–Crippen MR) is 117 cm³/mol. The van der Waals surface area contributed by atoms with E-state index in [9.17, 15) is 8.42 Å². The lowest BCUT2D eigenvalue weighted by molar-refractivity contribution is 0.154. The van der Waals surface area contributed by atoms with E-state index < -0.39 is 9.84 Å². The molecule has 6 nitrogen and oxygen atoms in total. The number of rotatable bonds is 10. The number of nitrogens with zero attached hydrogens (tertiary/aromatic N) is 1. The Morgan fingerprint density at radius 1 is 1.20 bits per heavy atom. The lowest BCUT2D eigenvalue weighted by Gasteiger charge is -2.12. The number of hydrogen-bond donors (Lipinski definition) is 2. The summed E-state index contributed by atoms with van der Waals surface area (Å²) in [6.45, 7) is 1.97. The highest BCUT2D eigenvalue weighted by atomic mass is 127. The van der Waals surface area contributed by atoms with E-state index in [0.717, 1.165) is 17.3 Å². The average Bonchev–Trinajstić information content (AvgIpc) is 2.53. The number of guanidine groups is 1. The highest BCUT2D eigenvalue weighted by Crippen LogP contribution is 2.19. The molecule has 1 aromatic carbocycles. The van der Waals surface area contributed by atoms with Crippen LogP contribution in [0, 0.1) is 0 Å². The molecule has 0 amide bonds. The molecule has 1 rings (SSSR count). The predicted octanol–water partition coefficient (Wildman–Crippen LogP) is 2.28. The molecular formula is C15H25ClIN3O3S2. The summed E-state index contributed by atoms with van der Waals surface area (Å²) in [7, 11) is -1.26. The molecule has 0 aromatic heterocycles. The maximum Gasteiger partial charge on any atom is 0.191 e. The fourth-order valence-electron chi connectivity index (χ4n) is 1.64.